The Labute approximate surface area is 160 Å². The Morgan fingerprint density at radius 1 is 1.15 bits per heavy atom. The number of nitrogens with zero attached hydrogens (tertiary/aromatic N) is 5. The molecule has 0 atom stereocenters. The molecule has 26 heavy (non-hydrogen) atoms. The van der Waals surface area contributed by atoms with Crippen LogP contribution in [0.2, 0.25) is 10.0 Å². The molecule has 3 rings (SSSR count). The fourth-order valence-electron chi connectivity index (χ4n) is 2.58. The second-order valence-corrected chi connectivity index (χ2v) is 8.13. The number of aryl methyl sites for hydroxylation is 2. The van der Waals surface area contributed by atoms with E-state index in [-0.39, 0.29) is 17.4 Å². The summed E-state index contributed by atoms with van der Waals surface area (Å²) in [4.78, 5) is 4.11. The number of sulfonamides is 1. The van der Waals surface area contributed by atoms with Gasteiger partial charge in [-0.2, -0.15) is 10.1 Å². The van der Waals surface area contributed by atoms with Crippen LogP contribution in [-0.4, -0.2) is 33.0 Å². The standard InChI is InChI=1S/C15H16Cl2N6O2S/c1-9-14(10(2)22(3)19-9)26(24,25)21-15-18-8-23(20-15)7-11-12(16)5-4-6-13(11)17/h4-6,8H,7H2,1-3H3,(H,20,21). The molecule has 0 unspecified atom stereocenters. The van der Waals surface area contributed by atoms with Crippen LogP contribution in [0.4, 0.5) is 5.95 Å². The van der Waals surface area contributed by atoms with Gasteiger partial charge in [-0.3, -0.25) is 4.68 Å². The lowest BCUT2D eigenvalue weighted by atomic mass is 10.2. The van der Waals surface area contributed by atoms with Gasteiger partial charge in [-0.25, -0.2) is 17.8 Å². The SMILES string of the molecule is Cc1nn(C)c(C)c1S(=O)(=O)Nc1ncn(Cc2c(Cl)cccc2Cl)n1. The van der Waals surface area contributed by atoms with E-state index in [1.165, 1.54) is 15.7 Å². The summed E-state index contributed by atoms with van der Waals surface area (Å²) in [5.74, 6) is -0.0455. The first-order valence-electron chi connectivity index (χ1n) is 7.54. The summed E-state index contributed by atoms with van der Waals surface area (Å²) in [6, 6.07) is 5.18. The molecule has 1 N–H and O–H groups in total. The average molecular weight is 415 g/mol. The van der Waals surface area contributed by atoms with Gasteiger partial charge in [0.25, 0.3) is 16.0 Å². The zero-order valence-electron chi connectivity index (χ0n) is 14.2. The summed E-state index contributed by atoms with van der Waals surface area (Å²) < 4.78 is 30.6. The highest BCUT2D eigenvalue weighted by Gasteiger charge is 2.25. The third-order valence-electron chi connectivity index (χ3n) is 3.86. The third kappa shape index (κ3) is 3.55. The second kappa shape index (κ2) is 6.90. The van der Waals surface area contributed by atoms with E-state index < -0.39 is 10.0 Å². The molecule has 0 fully saturated rings. The van der Waals surface area contributed by atoms with Gasteiger partial charge in [0.2, 0.25) is 0 Å². The van der Waals surface area contributed by atoms with Crippen LogP contribution in [0.15, 0.2) is 29.4 Å². The molecule has 0 amide bonds. The highest BCUT2D eigenvalue weighted by atomic mass is 35.5. The number of hydrogen-bond donors (Lipinski definition) is 1. The van der Waals surface area contributed by atoms with Crippen molar-refractivity contribution < 1.29 is 8.42 Å². The topological polar surface area (TPSA) is 94.7 Å². The monoisotopic (exact) mass is 414 g/mol. The summed E-state index contributed by atoms with van der Waals surface area (Å²) in [6.07, 6.45) is 1.40. The van der Waals surface area contributed by atoms with Crippen LogP contribution in [0.1, 0.15) is 17.0 Å². The third-order valence-corrected chi connectivity index (χ3v) is 6.14. The summed E-state index contributed by atoms with van der Waals surface area (Å²) in [5.41, 5.74) is 1.60. The van der Waals surface area contributed by atoms with Gasteiger partial charge in [0.15, 0.2) is 0 Å². The van der Waals surface area contributed by atoms with Gasteiger partial charge in [-0.1, -0.05) is 29.3 Å². The number of nitrogens with one attached hydrogen (secondary N) is 1. The maximum atomic E-state index is 12.6. The highest BCUT2D eigenvalue weighted by Crippen LogP contribution is 2.25. The molecule has 0 aliphatic carbocycles. The number of halogens is 2. The molecule has 2 aromatic heterocycles. The van der Waals surface area contributed by atoms with E-state index in [1.54, 1.807) is 39.1 Å². The Morgan fingerprint density at radius 2 is 1.81 bits per heavy atom. The minimum Gasteiger partial charge on any atom is -0.271 e. The second-order valence-electron chi connectivity index (χ2n) is 5.70. The van der Waals surface area contributed by atoms with E-state index in [0.29, 0.717) is 27.0 Å². The van der Waals surface area contributed by atoms with E-state index >= 15 is 0 Å². The first kappa shape index (κ1) is 18.7. The molecule has 0 radical (unpaired) electrons. The first-order chi connectivity index (χ1) is 12.2. The van der Waals surface area contributed by atoms with Crippen LogP contribution in [0.25, 0.3) is 0 Å². The minimum absolute atomic E-state index is 0.0455. The fourth-order valence-corrected chi connectivity index (χ4v) is 4.48. The summed E-state index contributed by atoms with van der Waals surface area (Å²) in [6.45, 7) is 3.57. The van der Waals surface area contributed by atoms with Crippen LogP contribution in [0.3, 0.4) is 0 Å². The Balaban J connectivity index is 1.84. The molecule has 2 heterocycles. The molecule has 0 spiro atoms. The first-order valence-corrected chi connectivity index (χ1v) is 9.78. The molecule has 0 aliphatic rings. The molecule has 3 aromatic rings. The molecular weight excluding hydrogens is 399 g/mol. The van der Waals surface area contributed by atoms with E-state index in [4.69, 9.17) is 23.2 Å². The van der Waals surface area contributed by atoms with Crippen molar-refractivity contribution in [2.45, 2.75) is 25.3 Å². The summed E-state index contributed by atoms with van der Waals surface area (Å²) in [5, 5.41) is 9.25. The maximum absolute atomic E-state index is 12.6. The normalized spacial score (nSPS) is 11.7. The average Bonchev–Trinajstić information content (AvgIpc) is 3.07. The Kier molecular flexibility index (Phi) is 4.96. The lowest BCUT2D eigenvalue weighted by Crippen LogP contribution is -2.16. The quantitative estimate of drug-likeness (QED) is 0.692. The zero-order chi connectivity index (χ0) is 19.1. The van der Waals surface area contributed by atoms with Crippen LogP contribution in [-0.2, 0) is 23.6 Å². The summed E-state index contributed by atoms with van der Waals surface area (Å²) >= 11 is 12.3. The molecule has 8 nitrogen and oxygen atoms in total. The van der Waals surface area contributed by atoms with Crippen LogP contribution in [0, 0.1) is 13.8 Å². The van der Waals surface area contributed by atoms with E-state index in [0.717, 1.165) is 0 Å². The number of anilines is 1. The fraction of sp³-hybridized carbons (Fsp3) is 0.267. The molecule has 0 saturated heterocycles. The Bertz CT molecular complexity index is 1050. The molecule has 11 heteroatoms. The van der Waals surface area contributed by atoms with Crippen molar-refractivity contribution in [2.24, 2.45) is 7.05 Å². The smallest absolute Gasteiger partial charge is 0.267 e. The van der Waals surface area contributed by atoms with Gasteiger partial charge >= 0.3 is 0 Å². The lowest BCUT2D eigenvalue weighted by molar-refractivity contribution is 0.599. The molecular formula is C15H16Cl2N6O2S. The predicted octanol–water partition coefficient (Wildman–Crippen LogP) is 2.78. The van der Waals surface area contributed by atoms with E-state index in [9.17, 15) is 8.42 Å². The lowest BCUT2D eigenvalue weighted by Gasteiger charge is -2.07. The van der Waals surface area contributed by atoms with Crippen molar-refractivity contribution >= 4 is 39.2 Å². The van der Waals surface area contributed by atoms with Gasteiger partial charge in [0.1, 0.15) is 11.2 Å². The Morgan fingerprint density at radius 3 is 2.38 bits per heavy atom. The Hall–Kier alpha value is -2.10. The van der Waals surface area contributed by atoms with Crippen molar-refractivity contribution in [2.75, 3.05) is 4.72 Å². The van der Waals surface area contributed by atoms with Crippen LogP contribution in [0.5, 0.6) is 0 Å². The van der Waals surface area contributed by atoms with E-state index in [2.05, 4.69) is 19.9 Å². The highest BCUT2D eigenvalue weighted by molar-refractivity contribution is 7.92. The summed E-state index contributed by atoms with van der Waals surface area (Å²) in [7, 11) is -2.17. The van der Waals surface area contributed by atoms with Gasteiger partial charge < -0.3 is 0 Å². The van der Waals surface area contributed by atoms with Crippen LogP contribution >= 0.6 is 23.2 Å². The zero-order valence-corrected chi connectivity index (χ0v) is 16.6. The maximum Gasteiger partial charge on any atom is 0.267 e. The molecule has 138 valence electrons. The van der Waals surface area contributed by atoms with Gasteiger partial charge in [0, 0.05) is 22.7 Å². The number of rotatable bonds is 5. The van der Waals surface area contributed by atoms with Crippen molar-refractivity contribution in [1.82, 2.24) is 24.5 Å². The van der Waals surface area contributed by atoms with Gasteiger partial charge in [-0.15, -0.1) is 5.10 Å². The largest absolute Gasteiger partial charge is 0.271 e. The van der Waals surface area contributed by atoms with E-state index in [1.807, 2.05) is 0 Å². The van der Waals surface area contributed by atoms with Gasteiger partial charge in [-0.05, 0) is 26.0 Å². The predicted molar refractivity (Wildman–Crippen MR) is 99.1 cm³/mol. The van der Waals surface area contributed by atoms with Gasteiger partial charge in [0.05, 0.1) is 17.9 Å². The van der Waals surface area contributed by atoms with Crippen molar-refractivity contribution in [1.29, 1.82) is 0 Å². The minimum atomic E-state index is -3.85. The molecule has 1 aromatic carbocycles. The molecule has 0 aliphatic heterocycles. The number of hydrogen-bond acceptors (Lipinski definition) is 5. The van der Waals surface area contributed by atoms with Crippen molar-refractivity contribution in [3.63, 3.8) is 0 Å². The number of benzene rings is 1. The van der Waals surface area contributed by atoms with Crippen molar-refractivity contribution in [3.05, 3.63) is 51.5 Å². The molecule has 0 saturated carbocycles. The van der Waals surface area contributed by atoms with Crippen molar-refractivity contribution in [3.8, 4) is 0 Å². The molecule has 0 bridgehead atoms. The van der Waals surface area contributed by atoms with Crippen LogP contribution < -0.4 is 4.72 Å². The number of aromatic nitrogens is 5.